The van der Waals surface area contributed by atoms with Crippen LogP contribution in [0.3, 0.4) is 0 Å². The SMILES string of the molecule is CS(C)(C)c1cn(C[C@@H]2CC[C@H]3CC(=O)N2C3)nn1. The summed E-state index contributed by atoms with van der Waals surface area (Å²) in [5.41, 5.74) is 0. The molecule has 3 rings (SSSR count). The Hall–Kier alpha value is -1.04. The lowest BCUT2D eigenvalue weighted by molar-refractivity contribution is -0.129. The summed E-state index contributed by atoms with van der Waals surface area (Å²) < 4.78 is 1.92. The molecule has 0 radical (unpaired) electrons. The molecule has 0 N–H and O–H groups in total. The van der Waals surface area contributed by atoms with Crippen LogP contribution in [-0.2, 0) is 11.3 Å². The van der Waals surface area contributed by atoms with E-state index in [0.29, 0.717) is 17.9 Å². The molecule has 2 aliphatic heterocycles. The monoisotopic (exact) mass is 282 g/mol. The average molecular weight is 282 g/mol. The van der Waals surface area contributed by atoms with Crippen molar-refractivity contribution in [3.05, 3.63) is 6.20 Å². The van der Waals surface area contributed by atoms with Crippen molar-refractivity contribution in [1.82, 2.24) is 19.9 Å². The molecule has 6 heteroatoms. The molecule has 0 spiro atoms. The maximum absolute atomic E-state index is 11.9. The van der Waals surface area contributed by atoms with Gasteiger partial charge in [-0.1, -0.05) is 5.21 Å². The van der Waals surface area contributed by atoms with E-state index in [2.05, 4.69) is 40.2 Å². The van der Waals surface area contributed by atoms with Gasteiger partial charge in [0.15, 0.2) is 0 Å². The first-order chi connectivity index (χ1) is 8.93. The van der Waals surface area contributed by atoms with Crippen LogP contribution in [0.25, 0.3) is 0 Å². The van der Waals surface area contributed by atoms with Gasteiger partial charge in [0.05, 0.1) is 18.8 Å². The molecule has 1 aromatic heterocycles. The smallest absolute Gasteiger partial charge is 0.223 e. The summed E-state index contributed by atoms with van der Waals surface area (Å²) in [6.07, 6.45) is 11.8. The van der Waals surface area contributed by atoms with Gasteiger partial charge in [-0.05, 0) is 37.5 Å². The third kappa shape index (κ3) is 2.50. The number of hydrogen-bond donors (Lipinski definition) is 0. The number of carbonyl (C=O) groups excluding carboxylic acids is 1. The molecule has 0 aliphatic carbocycles. The number of aromatic nitrogens is 3. The molecule has 2 aliphatic rings. The second-order valence-corrected chi connectivity index (χ2v) is 10.6. The third-order valence-electron chi connectivity index (χ3n) is 4.13. The van der Waals surface area contributed by atoms with E-state index in [1.807, 2.05) is 4.68 Å². The van der Waals surface area contributed by atoms with Crippen molar-refractivity contribution in [3.8, 4) is 0 Å². The predicted octanol–water partition coefficient (Wildman–Crippen LogP) is 1.34. The van der Waals surface area contributed by atoms with Crippen LogP contribution in [0.2, 0.25) is 0 Å². The van der Waals surface area contributed by atoms with Gasteiger partial charge in [-0.2, -0.15) is 0 Å². The van der Waals surface area contributed by atoms with Gasteiger partial charge in [-0.3, -0.25) is 4.79 Å². The lowest BCUT2D eigenvalue weighted by Crippen LogP contribution is -2.42. The number of hydrogen-bond acceptors (Lipinski definition) is 3. The first kappa shape index (κ1) is 13.0. The second kappa shape index (κ2) is 4.51. The molecule has 2 saturated heterocycles. The summed E-state index contributed by atoms with van der Waals surface area (Å²) in [6, 6.07) is 0.316. The van der Waals surface area contributed by atoms with Crippen LogP contribution in [-0.4, -0.2) is 57.2 Å². The third-order valence-corrected chi connectivity index (χ3v) is 5.57. The maximum atomic E-state index is 11.9. The molecule has 2 bridgehead atoms. The molecule has 0 unspecified atom stereocenters. The number of fused-ring (bicyclic) bond motifs is 2. The largest absolute Gasteiger partial charge is 0.338 e. The van der Waals surface area contributed by atoms with Crippen molar-refractivity contribution in [2.45, 2.75) is 36.9 Å². The number of carbonyl (C=O) groups is 1. The van der Waals surface area contributed by atoms with E-state index < -0.39 is 10.0 Å². The van der Waals surface area contributed by atoms with Crippen LogP contribution in [0.1, 0.15) is 19.3 Å². The lowest BCUT2D eigenvalue weighted by atomic mass is 9.96. The Morgan fingerprint density at radius 3 is 2.84 bits per heavy atom. The predicted molar refractivity (Wildman–Crippen MR) is 76.5 cm³/mol. The number of piperidine rings is 1. The first-order valence-electron chi connectivity index (χ1n) is 6.81. The van der Waals surface area contributed by atoms with E-state index in [0.717, 1.165) is 31.0 Å². The van der Waals surface area contributed by atoms with Crippen molar-refractivity contribution in [1.29, 1.82) is 0 Å². The van der Waals surface area contributed by atoms with Crippen molar-refractivity contribution < 1.29 is 4.79 Å². The van der Waals surface area contributed by atoms with Gasteiger partial charge in [-0.15, -0.1) is 5.10 Å². The van der Waals surface area contributed by atoms with Gasteiger partial charge in [0.2, 0.25) is 5.91 Å². The molecule has 2 fully saturated rings. The van der Waals surface area contributed by atoms with E-state index in [9.17, 15) is 4.79 Å². The minimum Gasteiger partial charge on any atom is -0.338 e. The van der Waals surface area contributed by atoms with Crippen molar-refractivity contribution in [2.24, 2.45) is 5.92 Å². The van der Waals surface area contributed by atoms with E-state index in [-0.39, 0.29) is 0 Å². The molecule has 5 nitrogen and oxygen atoms in total. The summed E-state index contributed by atoms with van der Waals surface area (Å²) in [4.78, 5) is 14.0. The Labute approximate surface area is 115 Å². The molecule has 0 saturated carbocycles. The van der Waals surface area contributed by atoms with Crippen LogP contribution in [0.4, 0.5) is 0 Å². The fourth-order valence-corrected chi connectivity index (χ4v) is 3.71. The zero-order valence-electron chi connectivity index (χ0n) is 11.9. The Bertz CT molecular complexity index is 493. The highest BCUT2D eigenvalue weighted by molar-refractivity contribution is 8.32. The quantitative estimate of drug-likeness (QED) is 0.840. The molecule has 19 heavy (non-hydrogen) atoms. The van der Waals surface area contributed by atoms with Gasteiger partial charge in [0, 0.05) is 13.0 Å². The number of rotatable bonds is 3. The fourth-order valence-electron chi connectivity index (χ4n) is 2.99. The highest BCUT2D eigenvalue weighted by Crippen LogP contribution is 2.43. The first-order valence-corrected chi connectivity index (χ1v) is 9.67. The topological polar surface area (TPSA) is 51.0 Å². The molecule has 1 amide bonds. The van der Waals surface area contributed by atoms with Gasteiger partial charge >= 0.3 is 0 Å². The second-order valence-electron chi connectivity index (χ2n) is 6.46. The van der Waals surface area contributed by atoms with E-state index in [4.69, 9.17) is 0 Å². The van der Waals surface area contributed by atoms with Crippen molar-refractivity contribution in [2.75, 3.05) is 25.3 Å². The number of nitrogens with zero attached hydrogens (tertiary/aromatic N) is 4. The minimum absolute atomic E-state index is 0.316. The normalized spacial score (nSPS) is 27.9. The van der Waals surface area contributed by atoms with Gasteiger partial charge in [0.25, 0.3) is 0 Å². The molecule has 3 heterocycles. The standard InChI is InChI=1S/C13H22N4OS/c1-19(2,3)12-9-16(15-14-12)8-11-5-4-10-6-13(18)17(11)7-10/h9-11H,4-8H2,1-3H3/t10-,11-/m0/s1. The highest BCUT2D eigenvalue weighted by Gasteiger charge is 2.38. The van der Waals surface area contributed by atoms with Crippen LogP contribution < -0.4 is 0 Å². The summed E-state index contributed by atoms with van der Waals surface area (Å²) in [5, 5.41) is 9.61. The van der Waals surface area contributed by atoms with Crippen LogP contribution in [0, 0.1) is 5.92 Å². The molecular formula is C13H22N4OS. The van der Waals surface area contributed by atoms with E-state index in [1.165, 1.54) is 6.42 Å². The highest BCUT2D eigenvalue weighted by atomic mass is 32.3. The van der Waals surface area contributed by atoms with Crippen molar-refractivity contribution in [3.63, 3.8) is 0 Å². The minimum atomic E-state index is -0.819. The maximum Gasteiger partial charge on any atom is 0.223 e. The average Bonchev–Trinajstić information content (AvgIpc) is 2.88. The van der Waals surface area contributed by atoms with Crippen LogP contribution in [0.15, 0.2) is 11.2 Å². The number of amides is 1. The van der Waals surface area contributed by atoms with Gasteiger partial charge < -0.3 is 4.90 Å². The van der Waals surface area contributed by atoms with Crippen molar-refractivity contribution >= 4 is 15.9 Å². The zero-order chi connectivity index (χ0) is 13.6. The van der Waals surface area contributed by atoms with E-state index in [1.54, 1.807) is 0 Å². The molecule has 2 atom stereocenters. The Balaban J connectivity index is 1.71. The molecule has 106 valence electrons. The van der Waals surface area contributed by atoms with Crippen LogP contribution >= 0.6 is 10.0 Å². The molecule has 0 aromatic carbocycles. The summed E-state index contributed by atoms with van der Waals surface area (Å²) >= 11 is 0. The van der Waals surface area contributed by atoms with Gasteiger partial charge in [-0.25, -0.2) is 14.7 Å². The molecule has 1 aromatic rings. The summed E-state index contributed by atoms with van der Waals surface area (Å²) in [7, 11) is -0.819. The van der Waals surface area contributed by atoms with Crippen LogP contribution in [0.5, 0.6) is 0 Å². The van der Waals surface area contributed by atoms with Gasteiger partial charge in [0.1, 0.15) is 5.03 Å². The molecular weight excluding hydrogens is 260 g/mol. The Morgan fingerprint density at radius 2 is 2.16 bits per heavy atom. The summed E-state index contributed by atoms with van der Waals surface area (Å²) in [6.45, 7) is 1.75. The zero-order valence-corrected chi connectivity index (χ0v) is 12.7. The Morgan fingerprint density at radius 1 is 1.37 bits per heavy atom. The van der Waals surface area contributed by atoms with E-state index >= 15 is 0 Å². The Kier molecular flexibility index (Phi) is 3.08. The fraction of sp³-hybridized carbons (Fsp3) is 0.769. The summed E-state index contributed by atoms with van der Waals surface area (Å²) in [5.74, 6) is 0.934. The lowest BCUT2D eigenvalue weighted by Gasteiger charge is -2.32.